The van der Waals surface area contributed by atoms with Gasteiger partial charge in [0.15, 0.2) is 0 Å². The summed E-state index contributed by atoms with van der Waals surface area (Å²) in [6.07, 6.45) is 7.34. The Morgan fingerprint density at radius 2 is 2.00 bits per heavy atom. The lowest BCUT2D eigenvalue weighted by atomic mass is 9.72. The highest BCUT2D eigenvalue weighted by Crippen LogP contribution is 2.39. The largest absolute Gasteiger partial charge is 0.346 e. The van der Waals surface area contributed by atoms with Crippen LogP contribution in [0, 0.1) is 5.92 Å². The van der Waals surface area contributed by atoms with Crippen molar-refractivity contribution in [2.24, 2.45) is 5.92 Å². The van der Waals surface area contributed by atoms with E-state index in [0.717, 1.165) is 11.3 Å². The van der Waals surface area contributed by atoms with Gasteiger partial charge < -0.3 is 5.32 Å². The van der Waals surface area contributed by atoms with Crippen LogP contribution in [0.2, 0.25) is 0 Å². The molecule has 22 heavy (non-hydrogen) atoms. The van der Waals surface area contributed by atoms with Crippen LogP contribution in [-0.4, -0.2) is 35.5 Å². The monoisotopic (exact) mass is 318 g/mol. The number of carbonyl (C=O) groups excluding carboxylic acids is 1. The molecule has 1 N–H and O–H groups in total. The van der Waals surface area contributed by atoms with Gasteiger partial charge in [-0.1, -0.05) is 0 Å². The summed E-state index contributed by atoms with van der Waals surface area (Å²) in [4.78, 5) is 17.7. The van der Waals surface area contributed by atoms with Crippen LogP contribution in [0.5, 0.6) is 0 Å². The number of piperidine rings is 3. The molecule has 4 heteroatoms. The summed E-state index contributed by atoms with van der Waals surface area (Å²) in [5, 5.41) is 3.40. The second-order valence-corrected chi connectivity index (χ2v) is 8.83. The Bertz CT molecular complexity index is 560. The van der Waals surface area contributed by atoms with Gasteiger partial charge in [-0.2, -0.15) is 0 Å². The molecule has 0 radical (unpaired) electrons. The average molecular weight is 318 g/mol. The fourth-order valence-corrected chi connectivity index (χ4v) is 5.85. The topological polar surface area (TPSA) is 32.3 Å². The molecular formula is C18H26N2OS. The molecule has 5 rings (SSSR count). The van der Waals surface area contributed by atoms with Crippen LogP contribution in [0.15, 0.2) is 6.07 Å². The number of nitrogens with one attached hydrogen (secondary N) is 1. The molecule has 1 aliphatic carbocycles. The number of carbonyl (C=O) groups is 1. The Morgan fingerprint density at radius 3 is 2.68 bits per heavy atom. The highest BCUT2D eigenvalue weighted by Gasteiger charge is 2.48. The van der Waals surface area contributed by atoms with Crippen molar-refractivity contribution in [3.8, 4) is 0 Å². The fraction of sp³-hybridized carbons (Fsp3) is 0.722. The van der Waals surface area contributed by atoms with Crippen LogP contribution in [0.3, 0.4) is 0 Å². The van der Waals surface area contributed by atoms with Gasteiger partial charge in [0.1, 0.15) is 0 Å². The van der Waals surface area contributed by atoms with Crippen molar-refractivity contribution in [3.05, 3.63) is 21.4 Å². The summed E-state index contributed by atoms with van der Waals surface area (Å²) in [5.74, 6) is 0.810. The van der Waals surface area contributed by atoms with E-state index in [2.05, 4.69) is 30.1 Å². The van der Waals surface area contributed by atoms with E-state index >= 15 is 0 Å². The lowest BCUT2D eigenvalue weighted by Gasteiger charge is -2.56. The molecule has 3 fully saturated rings. The number of rotatable bonds is 2. The van der Waals surface area contributed by atoms with Gasteiger partial charge in [0.25, 0.3) is 5.91 Å². The smallest absolute Gasteiger partial charge is 0.261 e. The first-order chi connectivity index (χ1) is 10.6. The summed E-state index contributed by atoms with van der Waals surface area (Å²) in [6, 6.07) is 2.45. The van der Waals surface area contributed by atoms with Crippen LogP contribution in [0.4, 0.5) is 0 Å². The zero-order valence-corrected chi connectivity index (χ0v) is 14.5. The summed E-state index contributed by atoms with van der Waals surface area (Å²) >= 11 is 1.73. The third-order valence-corrected chi connectivity index (χ3v) is 7.33. The van der Waals surface area contributed by atoms with Gasteiger partial charge in [0.05, 0.1) is 4.88 Å². The number of thiophene rings is 1. The SMILES string of the molecule is CC1(C)C(NC(=O)c2cc3c(s2)CCCC3)C2CCN1CC2. The number of aryl methyl sites for hydroxylation is 2. The van der Waals surface area contributed by atoms with Crippen LogP contribution in [-0.2, 0) is 12.8 Å². The maximum Gasteiger partial charge on any atom is 0.261 e. The Balaban J connectivity index is 1.53. The van der Waals surface area contributed by atoms with Gasteiger partial charge in [-0.15, -0.1) is 11.3 Å². The van der Waals surface area contributed by atoms with Gasteiger partial charge in [-0.25, -0.2) is 0 Å². The number of fused-ring (bicyclic) bond motifs is 4. The van der Waals surface area contributed by atoms with Crippen LogP contribution in [0.1, 0.15) is 59.6 Å². The van der Waals surface area contributed by atoms with Crippen molar-refractivity contribution < 1.29 is 4.79 Å². The molecular weight excluding hydrogens is 292 g/mol. The molecule has 1 aromatic rings. The van der Waals surface area contributed by atoms with E-state index in [4.69, 9.17) is 0 Å². The van der Waals surface area contributed by atoms with E-state index < -0.39 is 0 Å². The van der Waals surface area contributed by atoms with Crippen LogP contribution in [0.25, 0.3) is 0 Å². The molecule has 2 bridgehead atoms. The number of amides is 1. The molecule has 4 heterocycles. The fourth-order valence-electron chi connectivity index (χ4n) is 4.69. The molecule has 4 aliphatic rings. The van der Waals surface area contributed by atoms with Gasteiger partial charge in [0, 0.05) is 16.5 Å². The molecule has 0 spiro atoms. The Kier molecular flexibility index (Phi) is 3.57. The van der Waals surface area contributed by atoms with E-state index in [9.17, 15) is 4.79 Å². The minimum atomic E-state index is 0.0910. The van der Waals surface area contributed by atoms with Crippen molar-refractivity contribution in [2.75, 3.05) is 13.1 Å². The molecule has 3 saturated heterocycles. The summed E-state index contributed by atoms with van der Waals surface area (Å²) < 4.78 is 0. The van der Waals surface area contributed by atoms with E-state index in [-0.39, 0.29) is 11.4 Å². The molecule has 3 nitrogen and oxygen atoms in total. The van der Waals surface area contributed by atoms with Crippen molar-refractivity contribution >= 4 is 17.2 Å². The van der Waals surface area contributed by atoms with E-state index in [0.29, 0.717) is 12.0 Å². The molecule has 120 valence electrons. The van der Waals surface area contributed by atoms with Crippen LogP contribution < -0.4 is 5.32 Å². The predicted molar refractivity (Wildman–Crippen MR) is 90.6 cm³/mol. The first-order valence-corrected chi connectivity index (χ1v) is 9.55. The van der Waals surface area contributed by atoms with Crippen molar-refractivity contribution in [1.82, 2.24) is 10.2 Å². The molecule has 3 aliphatic heterocycles. The van der Waals surface area contributed by atoms with Gasteiger partial charge >= 0.3 is 0 Å². The normalized spacial score (nSPS) is 32.5. The van der Waals surface area contributed by atoms with Crippen LogP contribution >= 0.6 is 11.3 Å². The van der Waals surface area contributed by atoms with Gasteiger partial charge in [-0.3, -0.25) is 9.69 Å². The Morgan fingerprint density at radius 1 is 1.27 bits per heavy atom. The summed E-state index contributed by atoms with van der Waals surface area (Å²) in [6.45, 7) is 6.97. The molecule has 1 amide bonds. The lowest BCUT2D eigenvalue weighted by molar-refractivity contribution is -0.0377. The molecule has 0 saturated carbocycles. The third-order valence-electron chi connectivity index (χ3n) is 6.09. The van der Waals surface area contributed by atoms with E-state index in [1.54, 1.807) is 11.3 Å². The van der Waals surface area contributed by atoms with E-state index in [1.807, 2.05) is 0 Å². The number of hydrogen-bond donors (Lipinski definition) is 1. The molecule has 0 aromatic carbocycles. The first-order valence-electron chi connectivity index (χ1n) is 8.73. The zero-order valence-electron chi connectivity index (χ0n) is 13.7. The van der Waals surface area contributed by atoms with Crippen molar-refractivity contribution in [2.45, 2.75) is 64.0 Å². The third kappa shape index (κ3) is 2.31. The highest BCUT2D eigenvalue weighted by atomic mass is 32.1. The second-order valence-electron chi connectivity index (χ2n) is 7.70. The number of nitrogens with zero attached hydrogens (tertiary/aromatic N) is 1. The summed E-state index contributed by atoms with van der Waals surface area (Å²) in [7, 11) is 0. The zero-order chi connectivity index (χ0) is 15.3. The van der Waals surface area contributed by atoms with Crippen molar-refractivity contribution in [1.29, 1.82) is 0 Å². The maximum atomic E-state index is 12.8. The van der Waals surface area contributed by atoms with E-state index in [1.165, 1.54) is 55.6 Å². The highest BCUT2D eigenvalue weighted by molar-refractivity contribution is 7.14. The predicted octanol–water partition coefficient (Wildman–Crippen LogP) is 3.23. The molecule has 1 atom stereocenters. The van der Waals surface area contributed by atoms with Gasteiger partial charge in [-0.05, 0) is 83.0 Å². The minimum Gasteiger partial charge on any atom is -0.346 e. The second kappa shape index (κ2) is 5.34. The Labute approximate surface area is 137 Å². The quantitative estimate of drug-likeness (QED) is 0.908. The average Bonchev–Trinajstić information content (AvgIpc) is 2.95. The summed E-state index contributed by atoms with van der Waals surface area (Å²) in [5.41, 5.74) is 1.52. The molecule has 1 aromatic heterocycles. The maximum absolute atomic E-state index is 12.8. The molecule has 1 unspecified atom stereocenters. The lowest BCUT2D eigenvalue weighted by Crippen LogP contribution is -2.69. The Hall–Kier alpha value is -0.870. The van der Waals surface area contributed by atoms with Crippen molar-refractivity contribution in [3.63, 3.8) is 0 Å². The first kappa shape index (κ1) is 14.7. The number of hydrogen-bond acceptors (Lipinski definition) is 3. The standard InChI is InChI=1S/C18H26N2OS/c1-18(2)16(12-7-9-20(18)10-8-12)19-17(21)15-11-13-5-3-4-6-14(13)22-15/h11-12,16H,3-10H2,1-2H3,(H,19,21). The minimum absolute atomic E-state index is 0.0910. The van der Waals surface area contributed by atoms with Gasteiger partial charge in [0.2, 0.25) is 0 Å².